The van der Waals surface area contributed by atoms with Crippen LogP contribution in [0, 0.1) is 0 Å². The molecule has 0 saturated heterocycles. The van der Waals surface area contributed by atoms with Gasteiger partial charge < -0.3 is 19.4 Å². The number of hydrogen-bond acceptors (Lipinski definition) is 4. The molecule has 0 aliphatic carbocycles. The highest BCUT2D eigenvalue weighted by molar-refractivity contribution is 5.94. The molecule has 0 bridgehead atoms. The van der Waals surface area contributed by atoms with Gasteiger partial charge in [-0.3, -0.25) is 9.48 Å². The molecular formula is C24H26N4O3. The topological polar surface area (TPSA) is 70.3 Å². The summed E-state index contributed by atoms with van der Waals surface area (Å²) in [5, 5.41) is 8.73. The summed E-state index contributed by atoms with van der Waals surface area (Å²) in [5.74, 6) is 1.22. The first kappa shape index (κ1) is 20.5. The number of carbonyl (C=O) groups is 1. The lowest BCUT2D eigenvalue weighted by atomic mass is 10.1. The largest absolute Gasteiger partial charge is 0.497 e. The van der Waals surface area contributed by atoms with Crippen LogP contribution < -0.4 is 14.8 Å². The highest BCUT2D eigenvalue weighted by Gasteiger charge is 2.17. The van der Waals surface area contributed by atoms with E-state index >= 15 is 0 Å². The van der Waals surface area contributed by atoms with Crippen molar-refractivity contribution in [2.45, 2.75) is 13.0 Å². The van der Waals surface area contributed by atoms with Crippen molar-refractivity contribution in [3.05, 3.63) is 66.5 Å². The zero-order chi connectivity index (χ0) is 21.8. The maximum atomic E-state index is 12.7. The molecule has 0 aliphatic heterocycles. The van der Waals surface area contributed by atoms with Crippen LogP contribution in [-0.2, 0) is 13.6 Å². The predicted octanol–water partition coefficient (Wildman–Crippen LogP) is 3.88. The summed E-state index contributed by atoms with van der Waals surface area (Å²) in [6, 6.07) is 17.7. The Morgan fingerprint density at radius 2 is 1.90 bits per heavy atom. The fraction of sp³-hybridized carbons (Fsp3) is 0.250. The van der Waals surface area contributed by atoms with E-state index in [1.165, 1.54) is 10.9 Å². The van der Waals surface area contributed by atoms with Crippen LogP contribution >= 0.6 is 0 Å². The molecule has 4 rings (SSSR count). The standard InChI is InChI=1S/C24H26N4O3/c1-27-22(16-20(26-27)19-15-18(30-2)9-10-23(19)31-3)24(29)25-12-6-13-28-14-11-17-7-4-5-8-21(17)28/h4-5,7-11,14-16H,6,12-13H2,1-3H3,(H,25,29). The van der Waals surface area contributed by atoms with Crippen molar-refractivity contribution in [1.29, 1.82) is 0 Å². The molecule has 0 unspecified atom stereocenters. The molecule has 1 N–H and O–H groups in total. The summed E-state index contributed by atoms with van der Waals surface area (Å²) >= 11 is 0. The number of rotatable bonds is 8. The fourth-order valence-corrected chi connectivity index (χ4v) is 3.70. The van der Waals surface area contributed by atoms with Crippen LogP contribution in [0.4, 0.5) is 0 Å². The molecule has 0 atom stereocenters. The molecule has 4 aromatic rings. The monoisotopic (exact) mass is 418 g/mol. The Hall–Kier alpha value is -3.74. The number of aryl methyl sites for hydroxylation is 2. The van der Waals surface area contributed by atoms with Gasteiger partial charge in [-0.05, 0) is 48.2 Å². The number of nitrogens with one attached hydrogen (secondary N) is 1. The fourth-order valence-electron chi connectivity index (χ4n) is 3.70. The minimum atomic E-state index is -0.152. The number of ether oxygens (including phenoxy) is 2. The lowest BCUT2D eigenvalue weighted by molar-refractivity contribution is 0.0943. The van der Waals surface area contributed by atoms with E-state index in [1.807, 2.05) is 30.3 Å². The third-order valence-electron chi connectivity index (χ3n) is 5.34. The predicted molar refractivity (Wildman–Crippen MR) is 121 cm³/mol. The van der Waals surface area contributed by atoms with E-state index in [1.54, 1.807) is 32.0 Å². The number of methoxy groups -OCH3 is 2. The van der Waals surface area contributed by atoms with E-state index in [0.29, 0.717) is 29.4 Å². The Morgan fingerprint density at radius 1 is 1.06 bits per heavy atom. The molecule has 31 heavy (non-hydrogen) atoms. The summed E-state index contributed by atoms with van der Waals surface area (Å²) in [7, 11) is 4.98. The van der Waals surface area contributed by atoms with Crippen molar-refractivity contribution in [3.63, 3.8) is 0 Å². The summed E-state index contributed by atoms with van der Waals surface area (Å²) in [6.45, 7) is 1.42. The second-order valence-corrected chi connectivity index (χ2v) is 7.28. The van der Waals surface area contributed by atoms with Crippen molar-refractivity contribution < 1.29 is 14.3 Å². The van der Waals surface area contributed by atoms with Crippen molar-refractivity contribution >= 4 is 16.8 Å². The SMILES string of the molecule is COc1ccc(OC)c(-c2cc(C(=O)NCCCn3ccc4ccccc43)n(C)n2)c1. The minimum Gasteiger partial charge on any atom is -0.497 e. The first-order valence-corrected chi connectivity index (χ1v) is 10.2. The quantitative estimate of drug-likeness (QED) is 0.441. The molecule has 1 amide bonds. The van der Waals surface area contributed by atoms with Crippen LogP contribution in [0.3, 0.4) is 0 Å². The van der Waals surface area contributed by atoms with Crippen molar-refractivity contribution in [1.82, 2.24) is 19.7 Å². The van der Waals surface area contributed by atoms with Gasteiger partial charge in [-0.15, -0.1) is 0 Å². The smallest absolute Gasteiger partial charge is 0.269 e. The summed E-state index contributed by atoms with van der Waals surface area (Å²) in [6.07, 6.45) is 2.92. The number of nitrogens with zero attached hydrogens (tertiary/aromatic N) is 3. The lowest BCUT2D eigenvalue weighted by Gasteiger charge is -2.08. The van der Waals surface area contributed by atoms with E-state index in [4.69, 9.17) is 9.47 Å². The third kappa shape index (κ3) is 4.26. The van der Waals surface area contributed by atoms with Crippen LogP contribution in [0.5, 0.6) is 11.5 Å². The number of amides is 1. The Bertz CT molecular complexity index is 1210. The summed E-state index contributed by atoms with van der Waals surface area (Å²) < 4.78 is 14.6. The minimum absolute atomic E-state index is 0.152. The Kier molecular flexibility index (Phi) is 5.93. The second-order valence-electron chi connectivity index (χ2n) is 7.28. The van der Waals surface area contributed by atoms with Gasteiger partial charge in [0, 0.05) is 37.4 Å². The van der Waals surface area contributed by atoms with E-state index in [9.17, 15) is 4.79 Å². The van der Waals surface area contributed by atoms with E-state index in [0.717, 1.165) is 18.5 Å². The molecule has 0 radical (unpaired) electrons. The van der Waals surface area contributed by atoms with Gasteiger partial charge in [-0.2, -0.15) is 5.10 Å². The van der Waals surface area contributed by atoms with Gasteiger partial charge in [-0.25, -0.2) is 0 Å². The number of para-hydroxylation sites is 1. The zero-order valence-corrected chi connectivity index (χ0v) is 18.0. The maximum absolute atomic E-state index is 12.7. The maximum Gasteiger partial charge on any atom is 0.269 e. The van der Waals surface area contributed by atoms with Gasteiger partial charge >= 0.3 is 0 Å². The molecular weight excluding hydrogens is 392 g/mol. The zero-order valence-electron chi connectivity index (χ0n) is 18.0. The molecule has 0 saturated carbocycles. The highest BCUT2D eigenvalue weighted by Crippen LogP contribution is 2.32. The summed E-state index contributed by atoms with van der Waals surface area (Å²) in [5.41, 5.74) is 3.13. The van der Waals surface area contributed by atoms with Gasteiger partial charge in [0.2, 0.25) is 0 Å². The normalized spacial score (nSPS) is 10.9. The third-order valence-corrected chi connectivity index (χ3v) is 5.34. The molecule has 2 aromatic heterocycles. The van der Waals surface area contributed by atoms with E-state index in [2.05, 4.69) is 39.4 Å². The number of aromatic nitrogens is 3. The van der Waals surface area contributed by atoms with Crippen LogP contribution in [0.1, 0.15) is 16.9 Å². The number of carbonyl (C=O) groups excluding carboxylic acids is 1. The van der Waals surface area contributed by atoms with Crippen LogP contribution in [0.25, 0.3) is 22.2 Å². The number of benzene rings is 2. The number of fused-ring (bicyclic) bond motifs is 1. The molecule has 0 aliphatic rings. The van der Waals surface area contributed by atoms with Crippen LogP contribution in [0.2, 0.25) is 0 Å². The Labute approximate surface area is 181 Å². The van der Waals surface area contributed by atoms with Crippen molar-refractivity contribution in [3.8, 4) is 22.8 Å². The summed E-state index contributed by atoms with van der Waals surface area (Å²) in [4.78, 5) is 12.7. The van der Waals surface area contributed by atoms with Gasteiger partial charge in [0.25, 0.3) is 5.91 Å². The highest BCUT2D eigenvalue weighted by atomic mass is 16.5. The van der Waals surface area contributed by atoms with E-state index in [-0.39, 0.29) is 5.91 Å². The molecule has 0 fully saturated rings. The van der Waals surface area contributed by atoms with E-state index < -0.39 is 0 Å². The molecule has 7 heteroatoms. The average molecular weight is 418 g/mol. The van der Waals surface area contributed by atoms with Crippen molar-refractivity contribution in [2.24, 2.45) is 7.05 Å². The van der Waals surface area contributed by atoms with Crippen LogP contribution in [-0.4, -0.2) is 41.0 Å². The van der Waals surface area contributed by atoms with Gasteiger partial charge in [0.05, 0.1) is 19.9 Å². The molecule has 7 nitrogen and oxygen atoms in total. The molecule has 2 aromatic carbocycles. The first-order valence-electron chi connectivity index (χ1n) is 10.2. The van der Waals surface area contributed by atoms with Gasteiger partial charge in [-0.1, -0.05) is 18.2 Å². The second kappa shape index (κ2) is 8.95. The molecule has 160 valence electrons. The van der Waals surface area contributed by atoms with Crippen LogP contribution in [0.15, 0.2) is 60.8 Å². The van der Waals surface area contributed by atoms with Crippen molar-refractivity contribution in [2.75, 3.05) is 20.8 Å². The Morgan fingerprint density at radius 3 is 2.71 bits per heavy atom. The average Bonchev–Trinajstić information content (AvgIpc) is 3.39. The van der Waals surface area contributed by atoms with Gasteiger partial charge in [0.1, 0.15) is 17.2 Å². The van der Waals surface area contributed by atoms with Gasteiger partial charge in [0.15, 0.2) is 0 Å². The molecule has 2 heterocycles. The Balaban J connectivity index is 1.41. The lowest BCUT2D eigenvalue weighted by Crippen LogP contribution is -2.27. The molecule has 0 spiro atoms. The first-order chi connectivity index (χ1) is 15.1. The number of hydrogen-bond donors (Lipinski definition) is 1.